The SMILES string of the molecule is CC(O)(c1ccc(N2CCN(Sc3cccs3)CC2)cc1)C(F)(F)F.CN1CCS(=O)(=O)CC1. The number of aliphatic hydroxyl groups is 1. The van der Waals surface area contributed by atoms with Crippen LogP contribution in [-0.2, 0) is 15.4 Å². The standard InChI is InChI=1S/C17H19F3N2OS2.C5H11NO2S/c1-16(23,17(18,19)20)13-4-6-14(7-5-13)21-8-10-22(11-9-21)25-15-3-2-12-24-15;1-6-2-4-9(7,8)5-3-6/h2-7,12,23H,8-11H2,1H3;2-5H2,1H3. The van der Waals surface area contributed by atoms with Crippen LogP contribution in [0.1, 0.15) is 12.5 Å². The molecule has 2 aliphatic rings. The van der Waals surface area contributed by atoms with Crippen LogP contribution in [0.4, 0.5) is 18.9 Å². The van der Waals surface area contributed by atoms with Gasteiger partial charge in [-0.25, -0.2) is 12.7 Å². The fourth-order valence-corrected chi connectivity index (χ4v) is 6.67. The molecule has 1 aromatic carbocycles. The summed E-state index contributed by atoms with van der Waals surface area (Å²) in [5.41, 5.74) is -2.10. The summed E-state index contributed by atoms with van der Waals surface area (Å²) in [6.45, 7) is 5.56. The van der Waals surface area contributed by atoms with Gasteiger partial charge in [-0.3, -0.25) is 0 Å². The Morgan fingerprint density at radius 3 is 2.03 bits per heavy atom. The van der Waals surface area contributed by atoms with Crippen LogP contribution >= 0.6 is 23.3 Å². The molecule has 2 saturated heterocycles. The number of alkyl halides is 3. The summed E-state index contributed by atoms with van der Waals surface area (Å²) in [7, 11) is -0.718. The number of anilines is 1. The van der Waals surface area contributed by atoms with Gasteiger partial charge in [0.05, 0.1) is 15.7 Å². The first-order valence-electron chi connectivity index (χ1n) is 10.9. The van der Waals surface area contributed by atoms with Gasteiger partial charge >= 0.3 is 6.18 Å². The lowest BCUT2D eigenvalue weighted by Crippen LogP contribution is -2.43. The number of hydrogen-bond acceptors (Lipinski definition) is 8. The summed E-state index contributed by atoms with van der Waals surface area (Å²) in [5.74, 6) is 0.674. The molecule has 2 aliphatic heterocycles. The van der Waals surface area contributed by atoms with Crippen molar-refractivity contribution in [3.05, 3.63) is 47.3 Å². The molecule has 4 rings (SSSR count). The molecule has 3 heterocycles. The van der Waals surface area contributed by atoms with Crippen LogP contribution in [0.25, 0.3) is 0 Å². The average Bonchev–Trinajstić information content (AvgIpc) is 3.29. The van der Waals surface area contributed by atoms with Gasteiger partial charge in [-0.2, -0.15) is 13.2 Å². The average molecular weight is 538 g/mol. The van der Waals surface area contributed by atoms with Crippen LogP contribution < -0.4 is 4.90 Å². The van der Waals surface area contributed by atoms with Crippen LogP contribution in [0.15, 0.2) is 46.0 Å². The molecule has 0 amide bonds. The van der Waals surface area contributed by atoms with Gasteiger partial charge < -0.3 is 14.9 Å². The quantitative estimate of drug-likeness (QED) is 0.597. The highest BCUT2D eigenvalue weighted by Crippen LogP contribution is 2.39. The van der Waals surface area contributed by atoms with Crippen LogP contribution in [0.3, 0.4) is 0 Å². The minimum Gasteiger partial charge on any atom is -0.376 e. The Kier molecular flexibility index (Phi) is 8.96. The van der Waals surface area contributed by atoms with Crippen molar-refractivity contribution in [3.8, 4) is 0 Å². The number of thiophene rings is 1. The first kappa shape index (κ1) is 27.3. The van der Waals surface area contributed by atoms with Crippen LogP contribution in [0, 0.1) is 0 Å². The molecule has 1 atom stereocenters. The highest BCUT2D eigenvalue weighted by atomic mass is 32.2. The fourth-order valence-electron chi connectivity index (χ4n) is 3.44. The van der Waals surface area contributed by atoms with E-state index in [1.54, 1.807) is 35.4 Å². The van der Waals surface area contributed by atoms with E-state index in [2.05, 4.69) is 20.7 Å². The zero-order valence-electron chi connectivity index (χ0n) is 19.2. The predicted molar refractivity (Wildman–Crippen MR) is 132 cm³/mol. The lowest BCUT2D eigenvalue weighted by atomic mass is 9.95. The monoisotopic (exact) mass is 537 g/mol. The van der Waals surface area contributed by atoms with E-state index < -0.39 is 21.6 Å². The van der Waals surface area contributed by atoms with E-state index in [4.69, 9.17) is 0 Å². The fraction of sp³-hybridized carbons (Fsp3) is 0.545. The van der Waals surface area contributed by atoms with Gasteiger partial charge in [-0.15, -0.1) is 11.3 Å². The van der Waals surface area contributed by atoms with E-state index in [-0.39, 0.29) is 5.56 Å². The smallest absolute Gasteiger partial charge is 0.376 e. The molecule has 34 heavy (non-hydrogen) atoms. The first-order chi connectivity index (χ1) is 15.9. The molecule has 190 valence electrons. The molecule has 1 aromatic heterocycles. The van der Waals surface area contributed by atoms with Crippen molar-refractivity contribution in [1.82, 2.24) is 9.21 Å². The Bertz CT molecular complexity index is 992. The summed E-state index contributed by atoms with van der Waals surface area (Å²) in [4.78, 5) is 4.18. The number of sulfone groups is 1. The second kappa shape index (κ2) is 11.2. The van der Waals surface area contributed by atoms with Crippen molar-refractivity contribution < 1.29 is 26.7 Å². The van der Waals surface area contributed by atoms with E-state index in [0.717, 1.165) is 38.8 Å². The Morgan fingerprint density at radius 1 is 0.971 bits per heavy atom. The van der Waals surface area contributed by atoms with Crippen LogP contribution in [0.2, 0.25) is 0 Å². The third-order valence-electron chi connectivity index (χ3n) is 5.87. The van der Waals surface area contributed by atoms with Crippen LogP contribution in [-0.4, -0.2) is 86.7 Å². The maximum Gasteiger partial charge on any atom is 0.421 e. The minimum atomic E-state index is -4.70. The molecule has 0 aliphatic carbocycles. The Labute approximate surface area is 207 Å². The third-order valence-corrected chi connectivity index (χ3v) is 9.59. The second-order valence-corrected chi connectivity index (χ2v) is 13.2. The van der Waals surface area contributed by atoms with Gasteiger partial charge in [0.2, 0.25) is 0 Å². The summed E-state index contributed by atoms with van der Waals surface area (Å²) < 4.78 is 63.8. The summed E-state index contributed by atoms with van der Waals surface area (Å²) in [5, 5.41) is 11.8. The highest BCUT2D eigenvalue weighted by molar-refractivity contribution is 7.98. The molecule has 0 saturated carbocycles. The number of rotatable bonds is 4. The zero-order chi connectivity index (χ0) is 25.0. The van der Waals surface area contributed by atoms with Gasteiger partial charge in [0.15, 0.2) is 15.4 Å². The van der Waals surface area contributed by atoms with Crippen LogP contribution in [0.5, 0.6) is 0 Å². The molecule has 2 aromatic rings. The summed E-state index contributed by atoms with van der Waals surface area (Å²) in [6, 6.07) is 10.1. The second-order valence-electron chi connectivity index (χ2n) is 8.51. The maximum atomic E-state index is 12.9. The topological polar surface area (TPSA) is 64.1 Å². The highest BCUT2D eigenvalue weighted by Gasteiger charge is 2.51. The maximum absolute atomic E-state index is 12.9. The molecule has 12 heteroatoms. The number of hydrogen-bond donors (Lipinski definition) is 1. The van der Waals surface area contributed by atoms with E-state index in [1.165, 1.54) is 16.3 Å². The molecule has 0 spiro atoms. The largest absolute Gasteiger partial charge is 0.421 e. The molecule has 0 radical (unpaired) electrons. The van der Waals surface area contributed by atoms with E-state index >= 15 is 0 Å². The van der Waals surface area contributed by atoms with E-state index in [1.807, 2.05) is 18.0 Å². The Hall–Kier alpha value is -1.31. The lowest BCUT2D eigenvalue weighted by Gasteiger charge is -2.35. The van der Waals surface area contributed by atoms with Crippen molar-refractivity contribution in [2.24, 2.45) is 0 Å². The van der Waals surface area contributed by atoms with Crippen molar-refractivity contribution in [3.63, 3.8) is 0 Å². The van der Waals surface area contributed by atoms with E-state index in [9.17, 15) is 26.7 Å². The zero-order valence-corrected chi connectivity index (χ0v) is 21.6. The van der Waals surface area contributed by atoms with Crippen molar-refractivity contribution in [2.45, 2.75) is 22.9 Å². The molecule has 6 nitrogen and oxygen atoms in total. The lowest BCUT2D eigenvalue weighted by molar-refractivity contribution is -0.258. The molecular weight excluding hydrogens is 507 g/mol. The van der Waals surface area contributed by atoms with Crippen molar-refractivity contribution in [2.75, 3.05) is 62.7 Å². The molecule has 0 bridgehead atoms. The molecule has 1 N–H and O–H groups in total. The number of halogens is 3. The van der Waals surface area contributed by atoms with Gasteiger partial charge in [-0.05, 0) is 55.1 Å². The molecule has 1 unspecified atom stereocenters. The summed E-state index contributed by atoms with van der Waals surface area (Å²) in [6.07, 6.45) is -4.70. The van der Waals surface area contributed by atoms with Gasteiger partial charge in [0.1, 0.15) is 0 Å². The van der Waals surface area contributed by atoms with Crippen molar-refractivity contribution in [1.29, 1.82) is 0 Å². The van der Waals surface area contributed by atoms with Gasteiger partial charge in [0.25, 0.3) is 0 Å². The van der Waals surface area contributed by atoms with Gasteiger partial charge in [0, 0.05) is 45.0 Å². The normalized spacial score (nSPS) is 21.4. The van der Waals surface area contributed by atoms with Gasteiger partial charge in [-0.1, -0.05) is 18.2 Å². The molecular formula is C22H30F3N3O3S3. The predicted octanol–water partition coefficient (Wildman–Crippen LogP) is 3.69. The molecule has 2 fully saturated rings. The minimum absolute atomic E-state index is 0.143. The van der Waals surface area contributed by atoms with Crippen molar-refractivity contribution >= 4 is 38.8 Å². The number of benzene rings is 1. The Balaban J connectivity index is 0.000000302. The van der Waals surface area contributed by atoms with E-state index in [0.29, 0.717) is 24.6 Å². The number of nitrogens with zero attached hydrogens (tertiary/aromatic N) is 3. The third kappa shape index (κ3) is 7.34. The number of piperazine rings is 1. The Morgan fingerprint density at radius 2 is 1.56 bits per heavy atom. The summed E-state index contributed by atoms with van der Waals surface area (Å²) >= 11 is 3.46. The first-order valence-corrected chi connectivity index (χ1v) is 14.3.